The predicted molar refractivity (Wildman–Crippen MR) is 139 cm³/mol. The van der Waals surface area contributed by atoms with Gasteiger partial charge in [-0.15, -0.1) is 11.6 Å². The number of hydrogen-bond acceptors (Lipinski definition) is 5. The third-order valence-corrected chi connectivity index (χ3v) is 7.10. The summed E-state index contributed by atoms with van der Waals surface area (Å²) in [4.78, 5) is 2.34. The van der Waals surface area contributed by atoms with Crippen LogP contribution in [-0.4, -0.2) is 66.0 Å². The van der Waals surface area contributed by atoms with E-state index < -0.39 is 12.2 Å². The number of hydrogen-bond donors (Lipinski definition) is 2. The molecule has 0 aromatic heterocycles. The number of rotatable bonds is 11. The van der Waals surface area contributed by atoms with Crippen LogP contribution in [0.15, 0.2) is 42.5 Å². The van der Waals surface area contributed by atoms with Gasteiger partial charge in [0.2, 0.25) is 0 Å². The van der Waals surface area contributed by atoms with Gasteiger partial charge in [-0.3, -0.25) is 0 Å². The summed E-state index contributed by atoms with van der Waals surface area (Å²) < 4.78 is 11.4. The van der Waals surface area contributed by atoms with Crippen molar-refractivity contribution < 1.29 is 19.7 Å². The average molecular weight is 511 g/mol. The van der Waals surface area contributed by atoms with Crippen LogP contribution in [0.4, 0.5) is 0 Å². The number of β-amino-alcohol motifs (C(OH)–C–C–N with tert-alkyl or cyclic N) is 1. The zero-order valence-corrected chi connectivity index (χ0v) is 21.7. The molecule has 0 saturated carbocycles. The maximum absolute atomic E-state index is 10.4. The molecule has 2 aromatic rings. The van der Waals surface area contributed by atoms with E-state index in [4.69, 9.17) is 32.7 Å². The number of benzene rings is 2. The Kier molecular flexibility index (Phi) is 10.3. The van der Waals surface area contributed by atoms with Crippen molar-refractivity contribution in [2.24, 2.45) is 0 Å². The summed E-state index contributed by atoms with van der Waals surface area (Å²) in [6.07, 6.45) is 3.77. The number of nitrogens with zero attached hydrogens (tertiary/aromatic N) is 1. The third kappa shape index (κ3) is 7.76. The van der Waals surface area contributed by atoms with Gasteiger partial charge in [0.25, 0.3) is 0 Å². The molecule has 2 atom stereocenters. The summed E-state index contributed by atoms with van der Waals surface area (Å²) in [5, 5.41) is 20.5. The fraction of sp³-hybridized carbons (Fsp3) is 0.556. The van der Waals surface area contributed by atoms with Crippen molar-refractivity contribution in [1.29, 1.82) is 0 Å². The minimum absolute atomic E-state index is 0.0974. The molecule has 7 heteroatoms. The molecule has 0 unspecified atom stereocenters. The van der Waals surface area contributed by atoms with Gasteiger partial charge in [0.15, 0.2) is 0 Å². The van der Waals surface area contributed by atoms with Gasteiger partial charge >= 0.3 is 0 Å². The van der Waals surface area contributed by atoms with Crippen LogP contribution < -0.4 is 9.47 Å². The first-order chi connectivity index (χ1) is 16.3. The molecule has 0 radical (unpaired) electrons. The van der Waals surface area contributed by atoms with E-state index in [2.05, 4.69) is 18.7 Å². The van der Waals surface area contributed by atoms with E-state index >= 15 is 0 Å². The first-order valence-electron chi connectivity index (χ1n) is 12.1. The minimum atomic E-state index is -0.731. The van der Waals surface area contributed by atoms with E-state index in [1.807, 2.05) is 42.5 Å². The summed E-state index contributed by atoms with van der Waals surface area (Å²) in [6.45, 7) is 7.44. The third-order valence-electron chi connectivity index (χ3n) is 6.45. The topological polar surface area (TPSA) is 62.2 Å². The first kappa shape index (κ1) is 27.1. The molecule has 2 N–H and O–H groups in total. The average Bonchev–Trinajstić information content (AvgIpc) is 3.10. The van der Waals surface area contributed by atoms with Gasteiger partial charge < -0.3 is 24.6 Å². The van der Waals surface area contributed by atoms with Crippen molar-refractivity contribution >= 4 is 23.2 Å². The van der Waals surface area contributed by atoms with Crippen molar-refractivity contribution in [3.8, 4) is 11.5 Å². The van der Waals surface area contributed by atoms with Crippen molar-refractivity contribution in [1.82, 2.24) is 4.90 Å². The largest absolute Gasteiger partial charge is 0.491 e. The molecule has 0 bridgehead atoms. The standard InChI is InChI=1S/C27H37Cl2NO4/c1-27(2,21-9-12-26(25(29)15-21)34-18-22(31)16-28)20-7-10-24(11-8-20)33-19-23(32)17-30-13-5-3-4-6-14-30/h7-12,15,22-23,31-32H,3-6,13-14,16-19H2,1-2H3/t22-,23-/m0/s1. The highest BCUT2D eigenvalue weighted by molar-refractivity contribution is 6.32. The van der Waals surface area contributed by atoms with E-state index in [0.29, 0.717) is 17.3 Å². The summed E-state index contributed by atoms with van der Waals surface area (Å²) in [5.74, 6) is 1.38. The second kappa shape index (κ2) is 13.0. The van der Waals surface area contributed by atoms with Gasteiger partial charge in [-0.1, -0.05) is 56.5 Å². The van der Waals surface area contributed by atoms with E-state index in [9.17, 15) is 10.2 Å². The molecule has 34 heavy (non-hydrogen) atoms. The zero-order valence-electron chi connectivity index (χ0n) is 20.2. The van der Waals surface area contributed by atoms with Gasteiger partial charge in [-0.25, -0.2) is 0 Å². The smallest absolute Gasteiger partial charge is 0.138 e. The molecule has 1 heterocycles. The van der Waals surface area contributed by atoms with Crippen LogP contribution in [0.25, 0.3) is 0 Å². The van der Waals surface area contributed by atoms with Crippen molar-refractivity contribution in [3.05, 3.63) is 58.6 Å². The van der Waals surface area contributed by atoms with Gasteiger partial charge in [-0.2, -0.15) is 0 Å². The number of likely N-dealkylation sites (tertiary alicyclic amines) is 1. The molecule has 2 aromatic carbocycles. The number of alkyl halides is 1. The Hall–Kier alpha value is -1.50. The first-order valence-corrected chi connectivity index (χ1v) is 13.0. The van der Waals surface area contributed by atoms with E-state index in [1.54, 1.807) is 0 Å². The summed E-state index contributed by atoms with van der Waals surface area (Å²) in [6, 6.07) is 13.7. The van der Waals surface area contributed by atoms with Crippen LogP contribution >= 0.6 is 23.2 Å². The maximum Gasteiger partial charge on any atom is 0.138 e. The number of aliphatic hydroxyl groups excluding tert-OH is 2. The van der Waals surface area contributed by atoms with Gasteiger partial charge in [0.1, 0.15) is 36.9 Å². The van der Waals surface area contributed by atoms with E-state index in [1.165, 1.54) is 25.7 Å². The lowest BCUT2D eigenvalue weighted by Gasteiger charge is -2.27. The molecule has 5 nitrogen and oxygen atoms in total. The van der Waals surface area contributed by atoms with Gasteiger partial charge in [0, 0.05) is 12.0 Å². The fourth-order valence-corrected chi connectivity index (χ4v) is 4.56. The highest BCUT2D eigenvalue weighted by Crippen LogP contribution is 2.36. The molecular formula is C27H37Cl2NO4. The van der Waals surface area contributed by atoms with E-state index in [-0.39, 0.29) is 24.5 Å². The lowest BCUT2D eigenvalue weighted by Crippen LogP contribution is -2.36. The molecule has 3 rings (SSSR count). The summed E-state index contributed by atoms with van der Waals surface area (Å²) in [7, 11) is 0. The molecule has 0 amide bonds. The predicted octanol–water partition coefficient (Wildman–Crippen LogP) is 5.26. The lowest BCUT2D eigenvalue weighted by atomic mass is 9.78. The Morgan fingerprint density at radius 3 is 2.12 bits per heavy atom. The van der Waals surface area contributed by atoms with Crippen LogP contribution in [0.1, 0.15) is 50.7 Å². The Morgan fingerprint density at radius 1 is 0.882 bits per heavy atom. The Bertz CT molecular complexity index is 883. The molecule has 0 aliphatic carbocycles. The fourth-order valence-electron chi connectivity index (χ4n) is 4.23. The van der Waals surface area contributed by atoms with Crippen LogP contribution in [0.3, 0.4) is 0 Å². The second-order valence-electron chi connectivity index (χ2n) is 9.59. The highest BCUT2D eigenvalue weighted by atomic mass is 35.5. The highest BCUT2D eigenvalue weighted by Gasteiger charge is 2.24. The quantitative estimate of drug-likeness (QED) is 0.404. The van der Waals surface area contributed by atoms with Crippen molar-refractivity contribution in [2.45, 2.75) is 57.2 Å². The molecule has 1 fully saturated rings. The number of ether oxygens (including phenoxy) is 2. The SMILES string of the molecule is CC(C)(c1ccc(OC[C@@H](O)CN2CCCCCC2)cc1)c1ccc(OC[C@@H](O)CCl)c(Cl)c1. The summed E-state index contributed by atoms with van der Waals surface area (Å²) >= 11 is 12.1. The number of halogens is 2. The summed E-state index contributed by atoms with van der Waals surface area (Å²) in [5.41, 5.74) is 1.87. The van der Waals surface area contributed by atoms with Gasteiger partial charge in [-0.05, 0) is 61.3 Å². The molecule has 1 aliphatic heterocycles. The van der Waals surface area contributed by atoms with E-state index in [0.717, 1.165) is 30.0 Å². The Morgan fingerprint density at radius 2 is 1.50 bits per heavy atom. The maximum atomic E-state index is 10.4. The Labute approximate surface area is 213 Å². The molecule has 1 aliphatic rings. The minimum Gasteiger partial charge on any atom is -0.491 e. The van der Waals surface area contributed by atoms with Crippen LogP contribution in [0.2, 0.25) is 5.02 Å². The van der Waals surface area contributed by atoms with Crippen molar-refractivity contribution in [2.75, 3.05) is 38.7 Å². The number of aliphatic hydroxyl groups is 2. The molecule has 188 valence electrons. The van der Waals surface area contributed by atoms with Crippen LogP contribution in [-0.2, 0) is 5.41 Å². The van der Waals surface area contributed by atoms with Gasteiger partial charge in [0.05, 0.1) is 10.9 Å². The zero-order chi connectivity index (χ0) is 24.6. The van der Waals surface area contributed by atoms with Crippen LogP contribution in [0, 0.1) is 0 Å². The molecular weight excluding hydrogens is 473 g/mol. The van der Waals surface area contributed by atoms with Crippen molar-refractivity contribution in [3.63, 3.8) is 0 Å². The monoisotopic (exact) mass is 509 g/mol. The lowest BCUT2D eigenvalue weighted by molar-refractivity contribution is 0.0693. The molecule has 0 spiro atoms. The molecule has 1 saturated heterocycles. The second-order valence-corrected chi connectivity index (χ2v) is 10.3. The van der Waals surface area contributed by atoms with Crippen LogP contribution in [0.5, 0.6) is 11.5 Å². The Balaban J connectivity index is 1.56. The normalized spacial score (nSPS) is 17.1.